The third-order valence-corrected chi connectivity index (χ3v) is 6.54. The first-order valence-electron chi connectivity index (χ1n) is 11.7. The number of nitrogens with one attached hydrogen (secondary N) is 1. The van der Waals surface area contributed by atoms with Crippen LogP contribution in [0.3, 0.4) is 0 Å². The van der Waals surface area contributed by atoms with E-state index in [2.05, 4.69) is 0 Å². The van der Waals surface area contributed by atoms with Crippen LogP contribution in [0.1, 0.15) is 35.6 Å². The molecule has 4 rings (SSSR count). The summed E-state index contributed by atoms with van der Waals surface area (Å²) in [5.74, 6) is 0.479. The number of benzene rings is 3. The van der Waals surface area contributed by atoms with Gasteiger partial charge in [-0.05, 0) is 34.4 Å². The Morgan fingerprint density at radius 1 is 1.00 bits per heavy atom. The van der Waals surface area contributed by atoms with Gasteiger partial charge in [-0.3, -0.25) is 14.8 Å². The third-order valence-electron chi connectivity index (χ3n) is 6.54. The molecular weight excluding hydrogens is 460 g/mol. The van der Waals surface area contributed by atoms with E-state index in [1.165, 1.54) is 0 Å². The molecule has 0 aliphatic heterocycles. The van der Waals surface area contributed by atoms with Crippen LogP contribution in [-0.2, 0) is 22.6 Å². The Labute approximate surface area is 210 Å². The van der Waals surface area contributed by atoms with E-state index in [-0.39, 0.29) is 25.3 Å². The Kier molecular flexibility index (Phi) is 7.87. The van der Waals surface area contributed by atoms with Crippen LogP contribution in [0.15, 0.2) is 66.7 Å². The highest BCUT2D eigenvalue weighted by Crippen LogP contribution is 2.38. The Morgan fingerprint density at radius 2 is 1.75 bits per heavy atom. The number of hydrogen-bond donors (Lipinski definition) is 3. The molecule has 0 unspecified atom stereocenters. The molecule has 0 heterocycles. The topological polar surface area (TPSA) is 108 Å². The molecule has 0 saturated carbocycles. The fraction of sp³-hybridized carbons (Fsp3) is 0.286. The van der Waals surface area contributed by atoms with Crippen molar-refractivity contribution in [1.82, 2.24) is 10.4 Å². The summed E-state index contributed by atoms with van der Waals surface area (Å²) >= 11 is 0. The maximum Gasteiger partial charge on any atom is 0.243 e. The van der Waals surface area contributed by atoms with Crippen molar-refractivity contribution in [3.63, 3.8) is 0 Å². The number of hydrogen-bond acceptors (Lipinski definition) is 6. The van der Waals surface area contributed by atoms with Gasteiger partial charge in [0.15, 0.2) is 0 Å². The fourth-order valence-electron chi connectivity index (χ4n) is 4.71. The lowest BCUT2D eigenvalue weighted by Crippen LogP contribution is -2.39. The lowest BCUT2D eigenvalue weighted by atomic mass is 10.0. The minimum atomic E-state index is -0.749. The van der Waals surface area contributed by atoms with E-state index in [9.17, 15) is 14.7 Å². The van der Waals surface area contributed by atoms with E-state index >= 15 is 0 Å². The Morgan fingerprint density at radius 3 is 2.44 bits per heavy atom. The number of fused-ring (bicyclic) bond motifs is 1. The standard InChI is InChI=1S/C28H30N2O6/c1-35-21-11-12-22(25(16-21)36-2)19-9-7-18(8-10-19)17-30(27(33)14-13-26(32)29-34)28-23-6-4-3-5-20(23)15-24(28)31/h3-12,16,24,28,31,34H,13-15,17H2,1-2H3,(H,29,32)/t24-,28+/m1/s1. The van der Waals surface area contributed by atoms with Gasteiger partial charge in [-0.15, -0.1) is 0 Å². The van der Waals surface area contributed by atoms with Gasteiger partial charge in [-0.1, -0.05) is 48.5 Å². The van der Waals surface area contributed by atoms with E-state index in [1.54, 1.807) is 24.6 Å². The van der Waals surface area contributed by atoms with Crippen LogP contribution in [0.5, 0.6) is 11.5 Å². The van der Waals surface area contributed by atoms with Gasteiger partial charge in [0.1, 0.15) is 11.5 Å². The van der Waals surface area contributed by atoms with Crippen LogP contribution >= 0.6 is 0 Å². The number of hydroxylamine groups is 1. The average molecular weight is 491 g/mol. The Bertz CT molecular complexity index is 1230. The number of ether oxygens (including phenoxy) is 2. The summed E-state index contributed by atoms with van der Waals surface area (Å²) in [6, 6.07) is 20.6. The highest BCUT2D eigenvalue weighted by Gasteiger charge is 2.37. The quantitative estimate of drug-likeness (QED) is 0.312. The van der Waals surface area contributed by atoms with Crippen molar-refractivity contribution in [1.29, 1.82) is 0 Å². The molecule has 2 atom stereocenters. The second-order valence-electron chi connectivity index (χ2n) is 8.73. The summed E-state index contributed by atoms with van der Waals surface area (Å²) < 4.78 is 10.8. The van der Waals surface area contributed by atoms with Crippen LogP contribution in [-0.4, -0.2) is 47.4 Å². The van der Waals surface area contributed by atoms with Crippen molar-refractivity contribution in [2.24, 2.45) is 0 Å². The second-order valence-corrected chi connectivity index (χ2v) is 8.73. The third kappa shape index (κ3) is 5.35. The number of aliphatic hydroxyl groups excluding tert-OH is 1. The first-order chi connectivity index (χ1) is 17.4. The number of nitrogens with zero attached hydrogens (tertiary/aromatic N) is 1. The number of rotatable bonds is 9. The molecule has 0 aromatic heterocycles. The maximum absolute atomic E-state index is 13.3. The van der Waals surface area contributed by atoms with E-state index in [1.807, 2.05) is 66.7 Å². The zero-order valence-electron chi connectivity index (χ0n) is 20.3. The predicted octanol–water partition coefficient (Wildman–Crippen LogP) is 3.64. The van der Waals surface area contributed by atoms with E-state index in [0.717, 1.165) is 27.8 Å². The number of carbonyl (C=O) groups excluding carboxylic acids is 2. The summed E-state index contributed by atoms with van der Waals surface area (Å²) in [7, 11) is 3.21. The number of aliphatic hydroxyl groups is 1. The predicted molar refractivity (Wildman–Crippen MR) is 134 cm³/mol. The molecule has 8 heteroatoms. The number of carbonyl (C=O) groups is 2. The highest BCUT2D eigenvalue weighted by molar-refractivity contribution is 5.83. The number of amides is 2. The molecular formula is C28H30N2O6. The van der Waals surface area contributed by atoms with Crippen molar-refractivity contribution in [3.05, 3.63) is 83.4 Å². The first kappa shape index (κ1) is 25.2. The lowest BCUT2D eigenvalue weighted by molar-refractivity contribution is -0.140. The van der Waals surface area contributed by atoms with Gasteiger partial charge in [0.2, 0.25) is 11.8 Å². The van der Waals surface area contributed by atoms with Gasteiger partial charge < -0.3 is 19.5 Å². The fourth-order valence-corrected chi connectivity index (χ4v) is 4.71. The van der Waals surface area contributed by atoms with E-state index < -0.39 is 18.1 Å². The van der Waals surface area contributed by atoms with E-state index in [0.29, 0.717) is 17.9 Å². The molecule has 3 aromatic rings. The van der Waals surface area contributed by atoms with Crippen molar-refractivity contribution < 1.29 is 29.4 Å². The Hall–Kier alpha value is -3.88. The summed E-state index contributed by atoms with van der Waals surface area (Å²) in [6.07, 6.45) is -0.524. The smallest absolute Gasteiger partial charge is 0.243 e. The molecule has 1 aliphatic rings. The van der Waals surface area contributed by atoms with Gasteiger partial charge in [-0.25, -0.2) is 5.48 Å². The van der Waals surface area contributed by atoms with E-state index in [4.69, 9.17) is 14.7 Å². The minimum Gasteiger partial charge on any atom is -0.497 e. The molecule has 1 aliphatic carbocycles. The second kappa shape index (κ2) is 11.2. The monoisotopic (exact) mass is 490 g/mol. The molecule has 0 bridgehead atoms. The molecule has 0 saturated heterocycles. The molecule has 3 N–H and O–H groups in total. The van der Waals surface area contributed by atoms with Crippen molar-refractivity contribution in [3.8, 4) is 22.6 Å². The SMILES string of the molecule is COc1ccc(-c2ccc(CN(C(=O)CCC(=O)NO)[C@H]3c4ccccc4C[C@H]3O)cc2)c(OC)c1. The lowest BCUT2D eigenvalue weighted by Gasteiger charge is -2.32. The van der Waals surface area contributed by atoms with Gasteiger partial charge in [0.05, 0.1) is 26.4 Å². The molecule has 0 spiro atoms. The van der Waals surface area contributed by atoms with Gasteiger partial charge in [0, 0.05) is 37.4 Å². The van der Waals surface area contributed by atoms with Crippen molar-refractivity contribution in [2.45, 2.75) is 38.0 Å². The molecule has 0 fully saturated rings. The zero-order chi connectivity index (χ0) is 25.7. The molecule has 188 valence electrons. The maximum atomic E-state index is 13.3. The van der Waals surface area contributed by atoms with Crippen LogP contribution in [0.4, 0.5) is 0 Å². The summed E-state index contributed by atoms with van der Waals surface area (Å²) in [4.78, 5) is 26.4. The van der Waals surface area contributed by atoms with Crippen molar-refractivity contribution in [2.75, 3.05) is 14.2 Å². The highest BCUT2D eigenvalue weighted by atomic mass is 16.5. The molecule has 0 radical (unpaired) electrons. The van der Waals surface area contributed by atoms with Crippen LogP contribution < -0.4 is 15.0 Å². The van der Waals surface area contributed by atoms with Crippen LogP contribution in [0.2, 0.25) is 0 Å². The molecule has 8 nitrogen and oxygen atoms in total. The number of methoxy groups -OCH3 is 2. The summed E-state index contributed by atoms with van der Waals surface area (Å²) in [6.45, 7) is 0.260. The molecule has 2 amide bonds. The van der Waals surface area contributed by atoms with Crippen LogP contribution in [0.25, 0.3) is 11.1 Å². The zero-order valence-corrected chi connectivity index (χ0v) is 20.3. The summed E-state index contributed by atoms with van der Waals surface area (Å²) in [5, 5.41) is 19.7. The Balaban J connectivity index is 1.61. The van der Waals surface area contributed by atoms with Gasteiger partial charge in [0.25, 0.3) is 0 Å². The summed E-state index contributed by atoms with van der Waals surface area (Å²) in [5.41, 5.74) is 6.21. The largest absolute Gasteiger partial charge is 0.497 e. The minimum absolute atomic E-state index is 0.0844. The van der Waals surface area contributed by atoms with Crippen molar-refractivity contribution >= 4 is 11.8 Å². The molecule has 3 aromatic carbocycles. The first-order valence-corrected chi connectivity index (χ1v) is 11.7. The molecule has 36 heavy (non-hydrogen) atoms. The van der Waals surface area contributed by atoms with Crippen LogP contribution in [0, 0.1) is 0 Å². The van der Waals surface area contributed by atoms with Gasteiger partial charge >= 0.3 is 0 Å². The average Bonchev–Trinajstić information content (AvgIpc) is 3.25. The normalized spacial score (nSPS) is 16.2. The van der Waals surface area contributed by atoms with Gasteiger partial charge in [-0.2, -0.15) is 0 Å².